The van der Waals surface area contributed by atoms with Crippen molar-refractivity contribution in [3.05, 3.63) is 88.1 Å². The van der Waals surface area contributed by atoms with Gasteiger partial charge in [0.2, 0.25) is 10.0 Å². The molecule has 3 aromatic rings. The van der Waals surface area contributed by atoms with Gasteiger partial charge in [0.1, 0.15) is 5.69 Å². The Bertz CT molecular complexity index is 1510. The fraction of sp³-hybridized carbons (Fsp3) is 0.125. The average Bonchev–Trinajstić information content (AvgIpc) is 3.06. The molecule has 1 aromatic heterocycles. The monoisotopic (exact) mass is 479 g/mol. The first-order valence-corrected chi connectivity index (χ1v) is 12.2. The number of halogens is 1. The molecule has 0 saturated heterocycles. The zero-order chi connectivity index (χ0) is 23.8. The fourth-order valence-corrected chi connectivity index (χ4v) is 4.45. The first-order chi connectivity index (χ1) is 15.7. The highest BCUT2D eigenvalue weighted by Crippen LogP contribution is 2.36. The van der Waals surface area contributed by atoms with Gasteiger partial charge in [0.15, 0.2) is 5.78 Å². The number of aromatic nitrogens is 1. The van der Waals surface area contributed by atoms with Gasteiger partial charge in [-0.15, -0.1) is 0 Å². The Morgan fingerprint density at radius 2 is 1.94 bits per heavy atom. The van der Waals surface area contributed by atoms with E-state index >= 15 is 0 Å². The van der Waals surface area contributed by atoms with Gasteiger partial charge in [-0.1, -0.05) is 42.0 Å². The van der Waals surface area contributed by atoms with Crippen LogP contribution in [-0.2, 0) is 21.4 Å². The molecular weight excluding hydrogens is 462 g/mol. The lowest BCUT2D eigenvalue weighted by atomic mass is 9.93. The molecule has 33 heavy (non-hydrogen) atoms. The van der Waals surface area contributed by atoms with Crippen molar-refractivity contribution in [1.29, 1.82) is 5.26 Å². The third-order valence-electron chi connectivity index (χ3n) is 5.21. The van der Waals surface area contributed by atoms with Gasteiger partial charge in [0.25, 0.3) is 5.91 Å². The summed E-state index contributed by atoms with van der Waals surface area (Å²) in [7, 11) is -3.87. The van der Waals surface area contributed by atoms with Crippen LogP contribution in [0.25, 0.3) is 16.5 Å². The van der Waals surface area contributed by atoms with Gasteiger partial charge in [-0.3, -0.25) is 9.59 Å². The number of nitrogens with zero attached hydrogens (tertiary/aromatic N) is 2. The number of ketones is 1. The number of nitrogens with one attached hydrogen (secondary N) is 1. The normalized spacial score (nSPS) is 13.6. The molecule has 0 spiro atoms. The average molecular weight is 480 g/mol. The zero-order valence-corrected chi connectivity index (χ0v) is 19.1. The fourth-order valence-electron chi connectivity index (χ4n) is 3.85. The minimum Gasteiger partial charge on any atom is -0.331 e. The molecule has 1 heterocycles. The Labute approximate surface area is 195 Å². The molecule has 1 aliphatic rings. The summed E-state index contributed by atoms with van der Waals surface area (Å²) in [6, 6.07) is 13.9. The van der Waals surface area contributed by atoms with Crippen LogP contribution in [0.15, 0.2) is 60.7 Å². The second-order valence-electron chi connectivity index (χ2n) is 7.62. The van der Waals surface area contributed by atoms with Gasteiger partial charge in [0, 0.05) is 40.0 Å². The number of hydrogen-bond donors (Lipinski definition) is 1. The summed E-state index contributed by atoms with van der Waals surface area (Å²) in [6.07, 6.45) is 6.11. The highest BCUT2D eigenvalue weighted by Gasteiger charge is 2.29. The highest BCUT2D eigenvalue weighted by atomic mass is 35.5. The number of amides is 1. The van der Waals surface area contributed by atoms with Crippen LogP contribution in [0.4, 0.5) is 0 Å². The van der Waals surface area contributed by atoms with Crippen molar-refractivity contribution in [3.63, 3.8) is 0 Å². The van der Waals surface area contributed by atoms with Crippen LogP contribution in [0.3, 0.4) is 0 Å². The molecule has 0 saturated carbocycles. The minimum atomic E-state index is -3.87. The van der Waals surface area contributed by atoms with Crippen LogP contribution in [0.2, 0.25) is 5.02 Å². The largest absolute Gasteiger partial charge is 0.331 e. The van der Waals surface area contributed by atoms with Gasteiger partial charge >= 0.3 is 0 Å². The highest BCUT2D eigenvalue weighted by molar-refractivity contribution is 7.89. The first kappa shape index (κ1) is 22.5. The van der Waals surface area contributed by atoms with E-state index in [9.17, 15) is 18.0 Å². The number of hydrogen-bond acceptors (Lipinski definition) is 5. The maximum absolute atomic E-state index is 13.3. The summed E-state index contributed by atoms with van der Waals surface area (Å²) in [4.78, 5) is 26.0. The molecule has 0 fully saturated rings. The van der Waals surface area contributed by atoms with Gasteiger partial charge in [0.05, 0.1) is 17.9 Å². The van der Waals surface area contributed by atoms with E-state index in [1.807, 2.05) is 4.72 Å². The molecule has 0 radical (unpaired) electrons. The molecule has 2 aromatic carbocycles. The van der Waals surface area contributed by atoms with Crippen LogP contribution >= 0.6 is 11.6 Å². The summed E-state index contributed by atoms with van der Waals surface area (Å²) in [5.74, 6) is -1.04. The predicted octanol–water partition coefficient (Wildman–Crippen LogP) is 3.82. The Hall–Kier alpha value is -3.67. The maximum atomic E-state index is 13.3. The Morgan fingerprint density at radius 3 is 2.58 bits per heavy atom. The van der Waals surface area contributed by atoms with E-state index in [1.54, 1.807) is 65.3 Å². The number of benzene rings is 2. The smallest absolute Gasteiger partial charge is 0.282 e. The zero-order valence-electron chi connectivity index (χ0n) is 17.5. The lowest BCUT2D eigenvalue weighted by Gasteiger charge is -2.14. The summed E-state index contributed by atoms with van der Waals surface area (Å²) in [5, 5.41) is 10.0. The van der Waals surface area contributed by atoms with Crippen molar-refractivity contribution in [3.8, 4) is 6.07 Å². The Kier molecular flexibility index (Phi) is 5.93. The topological polar surface area (TPSA) is 109 Å². The van der Waals surface area contributed by atoms with Crippen molar-refractivity contribution in [1.82, 2.24) is 9.29 Å². The van der Waals surface area contributed by atoms with Gasteiger partial charge in [-0.05, 0) is 35.9 Å². The lowest BCUT2D eigenvalue weighted by molar-refractivity contribution is -0.113. The lowest BCUT2D eigenvalue weighted by Crippen LogP contribution is -2.32. The van der Waals surface area contributed by atoms with E-state index < -0.39 is 15.9 Å². The molecular formula is C24H18ClN3O4S. The summed E-state index contributed by atoms with van der Waals surface area (Å²) < 4.78 is 27.5. The molecule has 7 nitrogen and oxygen atoms in total. The van der Waals surface area contributed by atoms with Crippen LogP contribution in [-0.4, -0.2) is 30.9 Å². The van der Waals surface area contributed by atoms with E-state index in [4.69, 9.17) is 16.9 Å². The second kappa shape index (κ2) is 8.70. The van der Waals surface area contributed by atoms with Gasteiger partial charge in [-0.2, -0.15) is 5.26 Å². The van der Waals surface area contributed by atoms with Crippen molar-refractivity contribution in [2.75, 3.05) is 6.26 Å². The van der Waals surface area contributed by atoms with E-state index in [2.05, 4.69) is 6.07 Å². The first-order valence-electron chi connectivity index (χ1n) is 9.91. The third-order valence-corrected chi connectivity index (χ3v) is 6.01. The number of allylic oxidation sites excluding steroid dienone is 4. The Balaban J connectivity index is 2.02. The summed E-state index contributed by atoms with van der Waals surface area (Å²) >= 11 is 6.25. The van der Waals surface area contributed by atoms with E-state index in [-0.39, 0.29) is 24.4 Å². The predicted molar refractivity (Wildman–Crippen MR) is 126 cm³/mol. The standard InChI is InChI=1S/C24H18ClN3O4S/c1-33(31,32)27-24(30)23-22(18-4-2-3-5-21(18)29)19-12-17(25)10-11-20(19)28(23)14-16-8-6-15(13-26)7-9-16/h2-4,6-12H,5,14H2,1H3,(H,27,30). The minimum absolute atomic E-state index is 0.0388. The number of rotatable bonds is 5. The molecule has 1 N–H and O–H groups in total. The second-order valence-corrected chi connectivity index (χ2v) is 9.80. The molecule has 1 aliphatic carbocycles. The van der Waals surface area contributed by atoms with E-state index in [0.717, 1.165) is 11.8 Å². The van der Waals surface area contributed by atoms with E-state index in [1.165, 1.54) is 0 Å². The Morgan fingerprint density at radius 1 is 1.21 bits per heavy atom. The van der Waals surface area contributed by atoms with Crippen LogP contribution in [0, 0.1) is 11.3 Å². The molecule has 1 amide bonds. The summed E-state index contributed by atoms with van der Waals surface area (Å²) in [5.41, 5.74) is 2.56. The maximum Gasteiger partial charge on any atom is 0.282 e. The SMILES string of the molecule is CS(=O)(=O)NC(=O)c1c(C2=CC=CCC2=O)c2cc(Cl)ccc2n1Cc1ccc(C#N)cc1. The van der Waals surface area contributed by atoms with Crippen LogP contribution < -0.4 is 4.72 Å². The number of carbonyl (C=O) groups is 2. The number of carbonyl (C=O) groups excluding carboxylic acids is 2. The molecule has 0 unspecified atom stereocenters. The van der Waals surface area contributed by atoms with Crippen molar-refractivity contribution in [2.45, 2.75) is 13.0 Å². The molecule has 0 aliphatic heterocycles. The quantitative estimate of drug-likeness (QED) is 0.598. The molecule has 0 atom stereocenters. The van der Waals surface area contributed by atoms with Crippen molar-refractivity contribution in [2.24, 2.45) is 0 Å². The molecule has 166 valence electrons. The third kappa shape index (κ3) is 4.60. The van der Waals surface area contributed by atoms with Crippen LogP contribution in [0.1, 0.15) is 33.6 Å². The number of fused-ring (bicyclic) bond motifs is 1. The van der Waals surface area contributed by atoms with Gasteiger partial charge in [-0.25, -0.2) is 13.1 Å². The number of Topliss-reactive ketones (excluding diaryl/α,β-unsaturated/α-hetero) is 1. The van der Waals surface area contributed by atoms with Crippen molar-refractivity contribution >= 4 is 49.8 Å². The molecule has 9 heteroatoms. The molecule has 4 rings (SSSR count). The molecule has 0 bridgehead atoms. The number of nitriles is 1. The van der Waals surface area contributed by atoms with Gasteiger partial charge < -0.3 is 4.57 Å². The summed E-state index contributed by atoms with van der Waals surface area (Å²) in [6.45, 7) is 0.202. The van der Waals surface area contributed by atoms with Crippen LogP contribution in [0.5, 0.6) is 0 Å². The van der Waals surface area contributed by atoms with E-state index in [0.29, 0.717) is 32.6 Å². The number of sulfonamides is 1. The van der Waals surface area contributed by atoms with Crippen molar-refractivity contribution < 1.29 is 18.0 Å².